The van der Waals surface area contributed by atoms with Crippen molar-refractivity contribution < 1.29 is 9.59 Å². The molecule has 1 aliphatic rings. The molecule has 1 N–H and O–H groups in total. The van der Waals surface area contributed by atoms with Crippen LogP contribution in [0.4, 0.5) is 0 Å². The van der Waals surface area contributed by atoms with Gasteiger partial charge in [-0.3, -0.25) is 14.5 Å². The number of hydrogen-bond donors (Lipinski definition) is 1. The van der Waals surface area contributed by atoms with Crippen LogP contribution in [0, 0.1) is 0 Å². The minimum absolute atomic E-state index is 0.00875. The summed E-state index contributed by atoms with van der Waals surface area (Å²) in [5, 5.41) is 2.72. The Hall–Kier alpha value is -1.36. The molecule has 5 nitrogen and oxygen atoms in total. The van der Waals surface area contributed by atoms with Crippen molar-refractivity contribution in [2.45, 2.75) is 0 Å². The zero-order valence-corrected chi connectivity index (χ0v) is 8.82. The molecule has 0 radical (unpaired) electrons. The van der Waals surface area contributed by atoms with E-state index >= 15 is 0 Å². The molecule has 1 aliphatic heterocycles. The number of nitrogens with zero attached hydrogens (tertiary/aromatic N) is 2. The van der Waals surface area contributed by atoms with E-state index < -0.39 is 0 Å². The molecule has 1 fully saturated rings. The first-order chi connectivity index (χ1) is 7.26. The molecule has 0 bridgehead atoms. The van der Waals surface area contributed by atoms with Crippen LogP contribution in [-0.2, 0) is 9.59 Å². The summed E-state index contributed by atoms with van der Waals surface area (Å²) in [5.74, 6) is 0.00875. The van der Waals surface area contributed by atoms with Crippen molar-refractivity contribution in [3.8, 4) is 0 Å². The standard InChI is InChI=1S/C10H17N3O2/c1-2-3-11-10(15)8-12-4-6-13(9-14)7-5-12/h2,9H,1,3-8H2,(H,11,15). The lowest BCUT2D eigenvalue weighted by Crippen LogP contribution is -2.48. The summed E-state index contributed by atoms with van der Waals surface area (Å²) in [6, 6.07) is 0. The van der Waals surface area contributed by atoms with E-state index in [0.29, 0.717) is 26.2 Å². The Labute approximate surface area is 89.7 Å². The Morgan fingerprint density at radius 3 is 2.53 bits per heavy atom. The third-order valence-corrected chi connectivity index (χ3v) is 2.37. The lowest BCUT2D eigenvalue weighted by Gasteiger charge is -2.31. The second kappa shape index (κ2) is 6.19. The lowest BCUT2D eigenvalue weighted by molar-refractivity contribution is -0.123. The minimum Gasteiger partial charge on any atom is -0.352 e. The van der Waals surface area contributed by atoms with Crippen molar-refractivity contribution in [2.75, 3.05) is 39.3 Å². The van der Waals surface area contributed by atoms with Crippen LogP contribution in [0.2, 0.25) is 0 Å². The van der Waals surface area contributed by atoms with Crippen LogP contribution in [0.1, 0.15) is 0 Å². The van der Waals surface area contributed by atoms with E-state index in [-0.39, 0.29) is 5.91 Å². The van der Waals surface area contributed by atoms with Gasteiger partial charge in [-0.25, -0.2) is 0 Å². The maximum Gasteiger partial charge on any atom is 0.234 e. The summed E-state index contributed by atoms with van der Waals surface area (Å²) in [6.45, 7) is 7.38. The summed E-state index contributed by atoms with van der Waals surface area (Å²) >= 11 is 0. The molecule has 0 atom stereocenters. The van der Waals surface area contributed by atoms with Gasteiger partial charge in [0, 0.05) is 32.7 Å². The number of carbonyl (C=O) groups excluding carboxylic acids is 2. The molecule has 1 rings (SSSR count). The third-order valence-electron chi connectivity index (χ3n) is 2.37. The van der Waals surface area contributed by atoms with E-state index in [1.807, 2.05) is 4.90 Å². The lowest BCUT2D eigenvalue weighted by atomic mass is 10.3. The summed E-state index contributed by atoms with van der Waals surface area (Å²) < 4.78 is 0. The van der Waals surface area contributed by atoms with Crippen molar-refractivity contribution in [1.29, 1.82) is 0 Å². The van der Waals surface area contributed by atoms with Crippen LogP contribution in [-0.4, -0.2) is 61.4 Å². The monoisotopic (exact) mass is 211 g/mol. The topological polar surface area (TPSA) is 52.7 Å². The van der Waals surface area contributed by atoms with Gasteiger partial charge in [0.2, 0.25) is 12.3 Å². The molecular weight excluding hydrogens is 194 g/mol. The van der Waals surface area contributed by atoms with Gasteiger partial charge in [-0.1, -0.05) is 6.08 Å². The average Bonchev–Trinajstić information content (AvgIpc) is 2.27. The second-order valence-corrected chi connectivity index (χ2v) is 3.51. The number of rotatable bonds is 5. The second-order valence-electron chi connectivity index (χ2n) is 3.51. The molecule has 0 unspecified atom stereocenters. The van der Waals surface area contributed by atoms with Gasteiger partial charge in [0.25, 0.3) is 0 Å². The highest BCUT2D eigenvalue weighted by atomic mass is 16.2. The Morgan fingerprint density at radius 2 is 2.00 bits per heavy atom. The van der Waals surface area contributed by atoms with Gasteiger partial charge < -0.3 is 10.2 Å². The molecule has 15 heavy (non-hydrogen) atoms. The molecule has 5 heteroatoms. The van der Waals surface area contributed by atoms with Crippen molar-refractivity contribution in [3.63, 3.8) is 0 Å². The van der Waals surface area contributed by atoms with E-state index in [9.17, 15) is 9.59 Å². The first-order valence-corrected chi connectivity index (χ1v) is 5.05. The Balaban J connectivity index is 2.20. The van der Waals surface area contributed by atoms with E-state index in [4.69, 9.17) is 0 Å². The molecule has 0 aromatic heterocycles. The fourth-order valence-corrected chi connectivity index (χ4v) is 1.47. The van der Waals surface area contributed by atoms with Gasteiger partial charge in [-0.15, -0.1) is 6.58 Å². The van der Waals surface area contributed by atoms with Crippen molar-refractivity contribution in [3.05, 3.63) is 12.7 Å². The smallest absolute Gasteiger partial charge is 0.234 e. The normalized spacial score (nSPS) is 17.2. The molecule has 0 saturated carbocycles. The minimum atomic E-state index is 0.00875. The van der Waals surface area contributed by atoms with Gasteiger partial charge in [-0.2, -0.15) is 0 Å². The number of hydrogen-bond acceptors (Lipinski definition) is 3. The van der Waals surface area contributed by atoms with Crippen LogP contribution in [0.15, 0.2) is 12.7 Å². The largest absolute Gasteiger partial charge is 0.352 e. The number of nitrogens with one attached hydrogen (secondary N) is 1. The summed E-state index contributed by atoms with van der Waals surface area (Å²) in [6.07, 6.45) is 2.51. The molecule has 0 aromatic rings. The maximum absolute atomic E-state index is 11.3. The van der Waals surface area contributed by atoms with Crippen LogP contribution in [0.25, 0.3) is 0 Å². The van der Waals surface area contributed by atoms with E-state index in [1.54, 1.807) is 11.0 Å². The molecule has 1 saturated heterocycles. The molecule has 2 amide bonds. The predicted octanol–water partition coefficient (Wildman–Crippen LogP) is -0.937. The third kappa shape index (κ3) is 4.12. The summed E-state index contributed by atoms with van der Waals surface area (Å²) in [7, 11) is 0. The van der Waals surface area contributed by atoms with Crippen molar-refractivity contribution in [2.24, 2.45) is 0 Å². The Morgan fingerprint density at radius 1 is 1.33 bits per heavy atom. The van der Waals surface area contributed by atoms with Crippen LogP contribution < -0.4 is 5.32 Å². The van der Waals surface area contributed by atoms with Gasteiger partial charge in [-0.05, 0) is 0 Å². The van der Waals surface area contributed by atoms with Gasteiger partial charge in [0.05, 0.1) is 6.54 Å². The first kappa shape index (κ1) is 11.7. The Kier molecular flexibility index (Phi) is 4.83. The van der Waals surface area contributed by atoms with Crippen LogP contribution in [0.5, 0.6) is 0 Å². The average molecular weight is 211 g/mol. The zero-order valence-electron chi connectivity index (χ0n) is 8.82. The predicted molar refractivity (Wildman–Crippen MR) is 57.3 cm³/mol. The SMILES string of the molecule is C=CCNC(=O)CN1CCN(C=O)CC1. The molecular formula is C10H17N3O2. The van der Waals surface area contributed by atoms with E-state index in [2.05, 4.69) is 11.9 Å². The summed E-state index contributed by atoms with van der Waals surface area (Å²) in [4.78, 5) is 25.5. The van der Waals surface area contributed by atoms with Gasteiger partial charge >= 0.3 is 0 Å². The molecule has 1 heterocycles. The van der Waals surface area contributed by atoms with Crippen molar-refractivity contribution >= 4 is 12.3 Å². The fourth-order valence-electron chi connectivity index (χ4n) is 1.47. The highest BCUT2D eigenvalue weighted by molar-refractivity contribution is 5.78. The molecule has 0 aliphatic carbocycles. The summed E-state index contributed by atoms with van der Waals surface area (Å²) in [5.41, 5.74) is 0. The fraction of sp³-hybridized carbons (Fsp3) is 0.600. The highest BCUT2D eigenvalue weighted by Gasteiger charge is 2.16. The maximum atomic E-state index is 11.3. The van der Waals surface area contributed by atoms with Crippen LogP contribution in [0.3, 0.4) is 0 Å². The molecule has 84 valence electrons. The van der Waals surface area contributed by atoms with Crippen molar-refractivity contribution in [1.82, 2.24) is 15.1 Å². The number of piperazine rings is 1. The van der Waals surface area contributed by atoms with Gasteiger partial charge in [0.1, 0.15) is 0 Å². The molecule has 0 spiro atoms. The van der Waals surface area contributed by atoms with Crippen LogP contribution >= 0.6 is 0 Å². The molecule has 0 aromatic carbocycles. The van der Waals surface area contributed by atoms with Gasteiger partial charge in [0.15, 0.2) is 0 Å². The Bertz CT molecular complexity index is 235. The van der Waals surface area contributed by atoms with E-state index in [1.165, 1.54) is 0 Å². The number of amides is 2. The number of carbonyl (C=O) groups is 2. The van der Waals surface area contributed by atoms with E-state index in [0.717, 1.165) is 19.5 Å². The highest BCUT2D eigenvalue weighted by Crippen LogP contribution is 1.98. The zero-order chi connectivity index (χ0) is 11.1. The first-order valence-electron chi connectivity index (χ1n) is 5.05. The quantitative estimate of drug-likeness (QED) is 0.472.